The van der Waals surface area contributed by atoms with E-state index in [4.69, 9.17) is 16.6 Å². The van der Waals surface area contributed by atoms with Crippen LogP contribution in [0.25, 0.3) is 27.5 Å². The fraction of sp³-hybridized carbons (Fsp3) is 0.0833. The predicted molar refractivity (Wildman–Crippen MR) is 129 cm³/mol. The summed E-state index contributed by atoms with van der Waals surface area (Å²) in [6, 6.07) is 21.5. The van der Waals surface area contributed by atoms with Gasteiger partial charge in [0, 0.05) is 5.02 Å². The van der Waals surface area contributed by atoms with E-state index in [0.717, 1.165) is 0 Å². The van der Waals surface area contributed by atoms with Crippen molar-refractivity contribution in [2.75, 3.05) is 0 Å². The average Bonchev–Trinajstić information content (AvgIpc) is 2.79. The molecule has 158 valence electrons. The van der Waals surface area contributed by atoms with Crippen LogP contribution in [0.4, 0.5) is 0 Å². The zero-order chi connectivity index (χ0) is 22.2. The molecule has 0 fully saturated rings. The Morgan fingerprint density at radius 3 is 2.34 bits per heavy atom. The minimum atomic E-state index is -0.272. The van der Waals surface area contributed by atoms with Crippen molar-refractivity contribution in [3.63, 3.8) is 0 Å². The van der Waals surface area contributed by atoms with E-state index in [9.17, 15) is 9.59 Å². The van der Waals surface area contributed by atoms with Crippen LogP contribution in [-0.2, 0) is 0 Å². The summed E-state index contributed by atoms with van der Waals surface area (Å²) in [6.07, 6.45) is 0. The molecule has 0 saturated carbocycles. The zero-order valence-corrected chi connectivity index (χ0v) is 18.5. The van der Waals surface area contributed by atoms with Gasteiger partial charge in [0.2, 0.25) is 0 Å². The minimum Gasteiger partial charge on any atom is -0.309 e. The second-order valence-electron chi connectivity index (χ2n) is 7.26. The van der Waals surface area contributed by atoms with Crippen molar-refractivity contribution in [2.24, 2.45) is 0 Å². The average molecular weight is 461 g/mol. The number of thioether (sulfide) groups is 1. The molecule has 3 aromatic carbocycles. The number of benzene rings is 3. The van der Waals surface area contributed by atoms with Gasteiger partial charge in [-0.1, -0.05) is 53.7 Å². The van der Waals surface area contributed by atoms with E-state index in [0.29, 0.717) is 43.5 Å². The van der Waals surface area contributed by atoms with E-state index in [2.05, 4.69) is 9.97 Å². The number of rotatable bonds is 4. The first kappa shape index (κ1) is 20.5. The van der Waals surface area contributed by atoms with Gasteiger partial charge in [0.15, 0.2) is 5.16 Å². The Bertz CT molecular complexity index is 1600. The summed E-state index contributed by atoms with van der Waals surface area (Å²) in [4.78, 5) is 38.2. The third-order valence-electron chi connectivity index (χ3n) is 5.11. The van der Waals surface area contributed by atoms with Crippen LogP contribution >= 0.6 is 23.4 Å². The number of aromatic nitrogens is 4. The Morgan fingerprint density at radius 1 is 0.906 bits per heavy atom. The molecule has 1 unspecified atom stereocenters. The monoisotopic (exact) mass is 460 g/mol. The zero-order valence-electron chi connectivity index (χ0n) is 16.9. The molecule has 1 atom stereocenters. The maximum absolute atomic E-state index is 13.4. The molecule has 0 spiro atoms. The van der Waals surface area contributed by atoms with E-state index < -0.39 is 0 Å². The number of nitrogens with one attached hydrogen (secondary N) is 1. The van der Waals surface area contributed by atoms with E-state index >= 15 is 0 Å². The molecule has 0 saturated heterocycles. The van der Waals surface area contributed by atoms with Gasteiger partial charge in [0.25, 0.3) is 11.1 Å². The lowest BCUT2D eigenvalue weighted by molar-refractivity contribution is 0.810. The molecule has 2 heterocycles. The van der Waals surface area contributed by atoms with Gasteiger partial charge < -0.3 is 4.98 Å². The summed E-state index contributed by atoms with van der Waals surface area (Å²) in [5.41, 5.74) is 1.46. The smallest absolute Gasteiger partial charge is 0.266 e. The third-order valence-corrected chi connectivity index (χ3v) is 6.41. The van der Waals surface area contributed by atoms with Crippen LogP contribution in [0, 0.1) is 0 Å². The lowest BCUT2D eigenvalue weighted by Crippen LogP contribution is -2.22. The normalized spacial score (nSPS) is 12.3. The van der Waals surface area contributed by atoms with Gasteiger partial charge in [-0.05, 0) is 49.4 Å². The molecular formula is C24H17ClN4O2S. The van der Waals surface area contributed by atoms with Gasteiger partial charge in [-0.15, -0.1) is 0 Å². The molecule has 5 rings (SSSR count). The van der Waals surface area contributed by atoms with Gasteiger partial charge >= 0.3 is 0 Å². The number of halogens is 1. The molecule has 6 nitrogen and oxygen atoms in total. The van der Waals surface area contributed by atoms with E-state index in [1.165, 1.54) is 11.8 Å². The Kier molecular flexibility index (Phi) is 5.28. The molecule has 0 amide bonds. The molecule has 5 aromatic rings. The molecule has 0 radical (unpaired) electrons. The highest BCUT2D eigenvalue weighted by molar-refractivity contribution is 7.99. The SMILES string of the molecule is CC(Sc1nc2ccccc2c(=O)n1-c1cccc(Cl)c1)c1nc2ccccc2c(=O)[nH]1. The van der Waals surface area contributed by atoms with E-state index in [-0.39, 0.29) is 16.4 Å². The van der Waals surface area contributed by atoms with Crippen molar-refractivity contribution in [2.45, 2.75) is 17.3 Å². The van der Waals surface area contributed by atoms with Crippen LogP contribution in [0.2, 0.25) is 5.02 Å². The van der Waals surface area contributed by atoms with Crippen molar-refractivity contribution in [3.8, 4) is 5.69 Å². The third kappa shape index (κ3) is 3.70. The van der Waals surface area contributed by atoms with Crippen LogP contribution in [0.1, 0.15) is 18.0 Å². The largest absolute Gasteiger partial charge is 0.309 e. The molecular weight excluding hydrogens is 444 g/mol. The number of H-pyrrole nitrogens is 1. The molecule has 32 heavy (non-hydrogen) atoms. The summed E-state index contributed by atoms with van der Waals surface area (Å²) in [7, 11) is 0. The molecule has 1 N–H and O–H groups in total. The fourth-order valence-corrected chi connectivity index (χ4v) is 4.71. The lowest BCUT2D eigenvalue weighted by atomic mass is 10.2. The van der Waals surface area contributed by atoms with Gasteiger partial charge in [-0.2, -0.15) is 0 Å². The van der Waals surface area contributed by atoms with Gasteiger partial charge in [-0.3, -0.25) is 14.2 Å². The first-order valence-corrected chi connectivity index (χ1v) is 11.2. The molecule has 8 heteroatoms. The lowest BCUT2D eigenvalue weighted by Gasteiger charge is -2.16. The highest BCUT2D eigenvalue weighted by Gasteiger charge is 2.19. The maximum Gasteiger partial charge on any atom is 0.266 e. The number of hydrogen-bond acceptors (Lipinski definition) is 5. The topological polar surface area (TPSA) is 80.6 Å². The summed E-state index contributed by atoms with van der Waals surface area (Å²) < 4.78 is 1.55. The Morgan fingerprint density at radius 2 is 1.59 bits per heavy atom. The van der Waals surface area contributed by atoms with Crippen LogP contribution < -0.4 is 11.1 Å². The fourth-order valence-electron chi connectivity index (χ4n) is 3.55. The Hall–Kier alpha value is -3.42. The van der Waals surface area contributed by atoms with Gasteiger partial charge in [0.05, 0.1) is 32.7 Å². The van der Waals surface area contributed by atoms with Gasteiger partial charge in [0.1, 0.15) is 5.82 Å². The second kappa shape index (κ2) is 8.26. The molecule has 0 bridgehead atoms. The van der Waals surface area contributed by atoms with Crippen molar-refractivity contribution in [1.29, 1.82) is 0 Å². The summed E-state index contributed by atoms with van der Waals surface area (Å²) >= 11 is 7.55. The minimum absolute atomic E-state index is 0.187. The van der Waals surface area contributed by atoms with Crippen LogP contribution in [0.15, 0.2) is 87.5 Å². The van der Waals surface area contributed by atoms with Crippen LogP contribution in [0.5, 0.6) is 0 Å². The predicted octanol–water partition coefficient (Wildman–Crippen LogP) is 5.13. The van der Waals surface area contributed by atoms with E-state index in [1.807, 2.05) is 43.3 Å². The summed E-state index contributed by atoms with van der Waals surface area (Å²) in [6.45, 7) is 1.92. The van der Waals surface area contributed by atoms with Gasteiger partial charge in [-0.25, -0.2) is 9.97 Å². The number of aromatic amines is 1. The molecule has 0 aliphatic carbocycles. The first-order chi connectivity index (χ1) is 15.5. The Balaban J connectivity index is 1.66. The highest BCUT2D eigenvalue weighted by Crippen LogP contribution is 2.33. The first-order valence-electron chi connectivity index (χ1n) is 9.94. The summed E-state index contributed by atoms with van der Waals surface area (Å²) in [5, 5.41) is 1.78. The van der Waals surface area contributed by atoms with Crippen molar-refractivity contribution >= 4 is 45.2 Å². The van der Waals surface area contributed by atoms with Crippen molar-refractivity contribution < 1.29 is 0 Å². The van der Waals surface area contributed by atoms with Crippen LogP contribution in [-0.4, -0.2) is 19.5 Å². The van der Waals surface area contributed by atoms with Crippen molar-refractivity contribution in [1.82, 2.24) is 19.5 Å². The molecule has 2 aromatic heterocycles. The quantitative estimate of drug-likeness (QED) is 0.297. The number of nitrogens with zero attached hydrogens (tertiary/aromatic N) is 3. The second-order valence-corrected chi connectivity index (χ2v) is 9.00. The van der Waals surface area contributed by atoms with E-state index in [1.54, 1.807) is 41.0 Å². The highest BCUT2D eigenvalue weighted by atomic mass is 35.5. The maximum atomic E-state index is 13.4. The standard InChI is InChI=1S/C24H17ClN4O2S/c1-14(21-26-19-11-4-2-9-17(19)22(30)28-21)32-24-27-20-12-5-3-10-18(20)23(31)29(24)16-8-6-7-15(25)13-16/h2-14H,1H3,(H,26,28,30). The van der Waals surface area contributed by atoms with Crippen LogP contribution in [0.3, 0.4) is 0 Å². The summed E-state index contributed by atoms with van der Waals surface area (Å²) in [5.74, 6) is 0.513. The molecule has 0 aliphatic rings. The number of fused-ring (bicyclic) bond motifs is 2. The molecule has 0 aliphatic heterocycles. The number of hydrogen-bond donors (Lipinski definition) is 1. The Labute approximate surface area is 191 Å². The van der Waals surface area contributed by atoms with Crippen molar-refractivity contribution in [3.05, 3.63) is 104 Å². The number of para-hydroxylation sites is 2.